The van der Waals surface area contributed by atoms with Crippen molar-refractivity contribution >= 4 is 34.4 Å². The Balaban J connectivity index is 1.20. The molecule has 1 aliphatic heterocycles. The summed E-state index contributed by atoms with van der Waals surface area (Å²) in [4.78, 5) is 31.9. The van der Waals surface area contributed by atoms with E-state index in [0.29, 0.717) is 11.9 Å². The first kappa shape index (κ1) is 20.9. The van der Waals surface area contributed by atoms with Crippen molar-refractivity contribution in [1.82, 2.24) is 34.4 Å². The molecule has 0 radical (unpaired) electrons. The van der Waals surface area contributed by atoms with Gasteiger partial charge in [0, 0.05) is 56.3 Å². The lowest BCUT2D eigenvalue weighted by Gasteiger charge is -2.30. The monoisotopic (exact) mass is 459 g/mol. The third kappa shape index (κ3) is 3.72. The van der Waals surface area contributed by atoms with E-state index in [4.69, 9.17) is 9.97 Å². The van der Waals surface area contributed by atoms with E-state index in [1.165, 1.54) is 0 Å². The van der Waals surface area contributed by atoms with Crippen LogP contribution in [0.15, 0.2) is 30.7 Å². The normalized spacial score (nSPS) is 20.8. The van der Waals surface area contributed by atoms with Crippen LogP contribution in [0.3, 0.4) is 0 Å². The lowest BCUT2D eigenvalue weighted by atomic mass is 9.85. The average molecular weight is 460 g/mol. The van der Waals surface area contributed by atoms with Gasteiger partial charge in [-0.3, -0.25) is 4.79 Å². The Morgan fingerprint density at radius 1 is 1.12 bits per heavy atom. The number of likely N-dealkylation sites (tertiary alicyclic amines) is 1. The fourth-order valence-corrected chi connectivity index (χ4v) is 5.30. The Morgan fingerprint density at radius 3 is 2.74 bits per heavy atom. The number of carbonyl (C=O) groups is 1. The number of imidazole rings is 1. The van der Waals surface area contributed by atoms with E-state index < -0.39 is 0 Å². The minimum atomic E-state index is 0.165. The first-order valence-corrected chi connectivity index (χ1v) is 12.1. The molecule has 176 valence electrons. The minimum absolute atomic E-state index is 0.165. The van der Waals surface area contributed by atoms with Crippen molar-refractivity contribution in [2.24, 2.45) is 5.92 Å². The summed E-state index contributed by atoms with van der Waals surface area (Å²) in [6.07, 6.45) is 11.5. The highest BCUT2D eigenvalue weighted by Gasteiger charge is 2.31. The molecule has 4 aromatic rings. The Kier molecular flexibility index (Phi) is 5.27. The Hall–Kier alpha value is -3.69. The van der Waals surface area contributed by atoms with Gasteiger partial charge in [0.2, 0.25) is 11.9 Å². The number of aromatic nitrogens is 6. The van der Waals surface area contributed by atoms with Crippen LogP contribution in [-0.4, -0.2) is 66.5 Å². The second-order valence-corrected chi connectivity index (χ2v) is 9.25. The van der Waals surface area contributed by atoms with Crippen LogP contribution in [0.25, 0.3) is 27.9 Å². The largest absolute Gasteiger partial charge is 0.372 e. The van der Waals surface area contributed by atoms with Gasteiger partial charge in [0.15, 0.2) is 5.65 Å². The van der Waals surface area contributed by atoms with Gasteiger partial charge in [-0.25, -0.2) is 9.50 Å². The smallest absolute Gasteiger partial charge is 0.226 e. The molecule has 0 aromatic carbocycles. The zero-order valence-corrected chi connectivity index (χ0v) is 19.3. The summed E-state index contributed by atoms with van der Waals surface area (Å²) < 4.78 is 1.76. The van der Waals surface area contributed by atoms with E-state index in [0.717, 1.165) is 85.4 Å². The van der Waals surface area contributed by atoms with Crippen molar-refractivity contribution in [2.75, 3.05) is 30.8 Å². The summed E-state index contributed by atoms with van der Waals surface area (Å²) in [6, 6.07) is 4.17. The first-order chi connectivity index (χ1) is 16.7. The number of aromatic amines is 1. The van der Waals surface area contributed by atoms with Crippen LogP contribution in [0, 0.1) is 5.92 Å². The molecular formula is C24H29N9O. The van der Waals surface area contributed by atoms with Crippen molar-refractivity contribution < 1.29 is 4.79 Å². The lowest BCUT2D eigenvalue weighted by Crippen LogP contribution is -2.37. The molecule has 0 bridgehead atoms. The molecule has 5 heterocycles. The van der Waals surface area contributed by atoms with E-state index in [1.807, 2.05) is 31.6 Å². The molecule has 2 aliphatic rings. The van der Waals surface area contributed by atoms with Crippen LogP contribution in [0.4, 0.5) is 11.8 Å². The number of nitrogens with zero attached hydrogens (tertiary/aromatic N) is 6. The van der Waals surface area contributed by atoms with Gasteiger partial charge >= 0.3 is 0 Å². The Labute approximate surface area is 197 Å². The SMILES string of the molecule is CNc1nc(N[C@H]2CC[C@@H](C(=O)N3CCCC3)CC2)nc2[nH]cc(-c3ccc4nccn4n3)c12. The highest BCUT2D eigenvalue weighted by Crippen LogP contribution is 2.33. The molecule has 4 aromatic heterocycles. The van der Waals surface area contributed by atoms with E-state index in [9.17, 15) is 4.79 Å². The molecule has 0 atom stereocenters. The summed E-state index contributed by atoms with van der Waals surface area (Å²) in [6.45, 7) is 1.86. The first-order valence-electron chi connectivity index (χ1n) is 12.1. The maximum Gasteiger partial charge on any atom is 0.226 e. The Bertz CT molecular complexity index is 1330. The van der Waals surface area contributed by atoms with Gasteiger partial charge in [-0.2, -0.15) is 15.1 Å². The fourth-order valence-electron chi connectivity index (χ4n) is 5.30. The molecule has 34 heavy (non-hydrogen) atoms. The molecule has 0 spiro atoms. The summed E-state index contributed by atoms with van der Waals surface area (Å²) in [7, 11) is 1.87. The number of fused-ring (bicyclic) bond motifs is 2. The maximum atomic E-state index is 12.7. The highest BCUT2D eigenvalue weighted by molar-refractivity contribution is 6.00. The molecule has 6 rings (SSSR count). The van der Waals surface area contributed by atoms with Gasteiger partial charge in [-0.15, -0.1) is 0 Å². The standard InChI is InChI=1S/C24H29N9O/c1-25-21-20-17(18-8-9-19-26-10-13-33(19)31-18)14-27-22(20)30-24(29-21)28-16-6-4-15(5-7-16)23(34)32-11-2-3-12-32/h8-10,13-16H,2-7,11-12H2,1H3,(H3,25,27,28,29,30)/t15-,16+. The van der Waals surface area contributed by atoms with Crippen molar-refractivity contribution in [2.45, 2.75) is 44.6 Å². The molecule has 1 amide bonds. The van der Waals surface area contributed by atoms with Gasteiger partial charge in [0.1, 0.15) is 11.5 Å². The fraction of sp³-hybridized carbons (Fsp3) is 0.458. The van der Waals surface area contributed by atoms with Crippen LogP contribution in [0.2, 0.25) is 0 Å². The van der Waals surface area contributed by atoms with Gasteiger partial charge in [-0.1, -0.05) is 0 Å². The number of anilines is 2. The van der Waals surface area contributed by atoms with Crippen molar-refractivity contribution in [3.8, 4) is 11.3 Å². The van der Waals surface area contributed by atoms with Crippen molar-refractivity contribution in [1.29, 1.82) is 0 Å². The number of hydrogen-bond acceptors (Lipinski definition) is 7. The number of hydrogen-bond donors (Lipinski definition) is 3. The summed E-state index contributed by atoms with van der Waals surface area (Å²) in [5.74, 6) is 1.86. The van der Waals surface area contributed by atoms with Gasteiger partial charge in [-0.05, 0) is 50.7 Å². The maximum absolute atomic E-state index is 12.7. The van der Waals surface area contributed by atoms with Gasteiger partial charge in [0.25, 0.3) is 0 Å². The van der Waals surface area contributed by atoms with Crippen LogP contribution >= 0.6 is 0 Å². The topological polar surface area (TPSA) is 116 Å². The van der Waals surface area contributed by atoms with E-state index >= 15 is 0 Å². The number of amides is 1. The number of nitrogens with one attached hydrogen (secondary N) is 3. The van der Waals surface area contributed by atoms with E-state index in [-0.39, 0.29) is 12.0 Å². The highest BCUT2D eigenvalue weighted by atomic mass is 16.2. The van der Waals surface area contributed by atoms with Gasteiger partial charge < -0.3 is 20.5 Å². The number of rotatable bonds is 5. The molecule has 1 aliphatic carbocycles. The van der Waals surface area contributed by atoms with Crippen LogP contribution in [-0.2, 0) is 4.79 Å². The van der Waals surface area contributed by atoms with Crippen molar-refractivity contribution in [3.05, 3.63) is 30.7 Å². The van der Waals surface area contributed by atoms with Crippen LogP contribution < -0.4 is 10.6 Å². The zero-order valence-electron chi connectivity index (χ0n) is 19.3. The second kappa shape index (κ2) is 8.58. The van der Waals surface area contributed by atoms with Gasteiger partial charge in [0.05, 0.1) is 11.1 Å². The molecule has 2 fully saturated rings. The summed E-state index contributed by atoms with van der Waals surface area (Å²) in [5, 5.41) is 12.3. The molecule has 1 saturated carbocycles. The predicted molar refractivity (Wildman–Crippen MR) is 131 cm³/mol. The summed E-state index contributed by atoms with van der Waals surface area (Å²) in [5.41, 5.74) is 3.31. The molecule has 10 heteroatoms. The zero-order chi connectivity index (χ0) is 23.1. The minimum Gasteiger partial charge on any atom is -0.372 e. The van der Waals surface area contributed by atoms with E-state index in [1.54, 1.807) is 10.7 Å². The number of carbonyl (C=O) groups excluding carboxylic acids is 1. The average Bonchev–Trinajstić information content (AvgIpc) is 3.64. The van der Waals surface area contributed by atoms with Crippen LogP contribution in [0.1, 0.15) is 38.5 Å². The van der Waals surface area contributed by atoms with Crippen molar-refractivity contribution in [3.63, 3.8) is 0 Å². The quantitative estimate of drug-likeness (QED) is 0.419. The third-order valence-corrected chi connectivity index (χ3v) is 7.13. The molecule has 0 unspecified atom stereocenters. The third-order valence-electron chi connectivity index (χ3n) is 7.13. The summed E-state index contributed by atoms with van der Waals surface area (Å²) >= 11 is 0. The number of H-pyrrole nitrogens is 1. The second-order valence-electron chi connectivity index (χ2n) is 9.25. The molecule has 10 nitrogen and oxygen atoms in total. The lowest BCUT2D eigenvalue weighted by molar-refractivity contribution is -0.135. The van der Waals surface area contributed by atoms with Crippen LogP contribution in [0.5, 0.6) is 0 Å². The van der Waals surface area contributed by atoms with E-state index in [2.05, 4.69) is 30.6 Å². The molecule has 3 N–H and O–H groups in total. The predicted octanol–water partition coefficient (Wildman–Crippen LogP) is 3.30. The molecular weight excluding hydrogens is 430 g/mol. The Morgan fingerprint density at radius 2 is 1.94 bits per heavy atom. The molecule has 1 saturated heterocycles.